The van der Waals surface area contributed by atoms with Gasteiger partial charge in [-0.1, -0.05) is 6.07 Å². The molecule has 7 heteroatoms. The number of aromatic hydroxyl groups is 1. The number of morpholine rings is 1. The van der Waals surface area contributed by atoms with E-state index in [2.05, 4.69) is 10.00 Å². The van der Waals surface area contributed by atoms with Crippen molar-refractivity contribution < 1.29 is 19.0 Å². The van der Waals surface area contributed by atoms with Crippen LogP contribution in [-0.2, 0) is 4.74 Å². The second-order valence-corrected chi connectivity index (χ2v) is 6.28. The summed E-state index contributed by atoms with van der Waals surface area (Å²) < 4.78 is 20.9. The van der Waals surface area contributed by atoms with E-state index in [0.717, 1.165) is 24.5 Å². The highest BCUT2D eigenvalue weighted by Crippen LogP contribution is 2.28. The van der Waals surface area contributed by atoms with Crippen molar-refractivity contribution in [1.82, 2.24) is 9.78 Å². The molecule has 1 aliphatic rings. The molecule has 0 atom stereocenters. The fourth-order valence-corrected chi connectivity index (χ4v) is 3.13. The highest BCUT2D eigenvalue weighted by molar-refractivity contribution is 5.82. The largest absolute Gasteiger partial charge is 0.504 e. The number of aldehydes is 1. The first-order valence-electron chi connectivity index (χ1n) is 8.62. The van der Waals surface area contributed by atoms with Gasteiger partial charge in [0.05, 0.1) is 30.2 Å². The molecule has 1 saturated heterocycles. The molecule has 1 aromatic heterocycles. The quantitative estimate of drug-likeness (QED) is 0.718. The lowest BCUT2D eigenvalue weighted by Gasteiger charge is -2.29. The van der Waals surface area contributed by atoms with Crippen LogP contribution >= 0.6 is 0 Å². The Morgan fingerprint density at radius 3 is 2.67 bits per heavy atom. The maximum absolute atomic E-state index is 13.8. The molecule has 0 aliphatic carbocycles. The molecule has 138 valence electrons. The molecule has 0 spiro atoms. The normalized spacial score (nSPS) is 14.3. The third kappa shape index (κ3) is 3.41. The number of hydrogen-bond donors (Lipinski definition) is 1. The third-order valence-corrected chi connectivity index (χ3v) is 4.58. The lowest BCUT2D eigenvalue weighted by atomic mass is 10.1. The van der Waals surface area contributed by atoms with Crippen LogP contribution in [-0.4, -0.2) is 47.5 Å². The van der Waals surface area contributed by atoms with Crippen molar-refractivity contribution in [3.63, 3.8) is 0 Å². The second kappa shape index (κ2) is 7.20. The first-order chi connectivity index (χ1) is 13.2. The van der Waals surface area contributed by atoms with Crippen molar-refractivity contribution in [3.05, 3.63) is 60.0 Å². The van der Waals surface area contributed by atoms with E-state index >= 15 is 0 Å². The van der Waals surface area contributed by atoms with E-state index in [-0.39, 0.29) is 5.56 Å². The van der Waals surface area contributed by atoms with E-state index in [4.69, 9.17) is 4.74 Å². The molecule has 2 heterocycles. The molecule has 2 aromatic carbocycles. The van der Waals surface area contributed by atoms with E-state index in [1.54, 1.807) is 16.9 Å². The Morgan fingerprint density at radius 1 is 1.11 bits per heavy atom. The summed E-state index contributed by atoms with van der Waals surface area (Å²) in [5.41, 5.74) is 2.80. The van der Waals surface area contributed by atoms with Crippen LogP contribution in [0.2, 0.25) is 0 Å². The summed E-state index contributed by atoms with van der Waals surface area (Å²) in [6.07, 6.45) is 2.20. The average molecular weight is 367 g/mol. The second-order valence-electron chi connectivity index (χ2n) is 6.28. The molecule has 0 amide bonds. The first-order valence-corrected chi connectivity index (χ1v) is 8.62. The minimum absolute atomic E-state index is 0.103. The van der Waals surface area contributed by atoms with Crippen LogP contribution in [0.25, 0.3) is 16.9 Å². The SMILES string of the molecule is O=Cc1cc(-c2ccn(-c3cccc(N4CCOCC4)c3)n2)cc(F)c1O. The molecule has 0 bridgehead atoms. The van der Waals surface area contributed by atoms with Crippen molar-refractivity contribution in [1.29, 1.82) is 0 Å². The summed E-state index contributed by atoms with van der Waals surface area (Å²) in [5.74, 6) is -1.50. The molecule has 4 rings (SSSR count). The smallest absolute Gasteiger partial charge is 0.166 e. The van der Waals surface area contributed by atoms with E-state index < -0.39 is 11.6 Å². The summed E-state index contributed by atoms with van der Waals surface area (Å²) in [6.45, 7) is 3.10. The third-order valence-electron chi connectivity index (χ3n) is 4.58. The number of carbonyl (C=O) groups excluding carboxylic acids is 1. The van der Waals surface area contributed by atoms with Crippen LogP contribution < -0.4 is 4.90 Å². The number of benzene rings is 2. The lowest BCUT2D eigenvalue weighted by molar-refractivity contribution is 0.112. The molecular formula is C20H18FN3O3. The molecule has 0 saturated carbocycles. The van der Waals surface area contributed by atoms with Gasteiger partial charge in [0, 0.05) is 30.5 Å². The molecule has 27 heavy (non-hydrogen) atoms. The van der Waals surface area contributed by atoms with Gasteiger partial charge in [0.2, 0.25) is 0 Å². The van der Waals surface area contributed by atoms with Gasteiger partial charge in [0.1, 0.15) is 0 Å². The number of halogens is 1. The Balaban J connectivity index is 1.65. The summed E-state index contributed by atoms with van der Waals surface area (Å²) in [5, 5.41) is 14.1. The zero-order valence-corrected chi connectivity index (χ0v) is 14.5. The number of phenolic OH excluding ortho intramolecular Hbond substituents is 1. The Kier molecular flexibility index (Phi) is 4.60. The van der Waals surface area contributed by atoms with Crippen molar-refractivity contribution in [2.45, 2.75) is 0 Å². The monoisotopic (exact) mass is 367 g/mol. The van der Waals surface area contributed by atoms with Gasteiger partial charge in [-0.15, -0.1) is 0 Å². The number of anilines is 1. The summed E-state index contributed by atoms with van der Waals surface area (Å²) in [7, 11) is 0. The molecule has 0 radical (unpaired) electrons. The van der Waals surface area contributed by atoms with Gasteiger partial charge in [-0.25, -0.2) is 9.07 Å². The predicted molar refractivity (Wildman–Crippen MR) is 99.0 cm³/mol. The van der Waals surface area contributed by atoms with Gasteiger partial charge in [-0.2, -0.15) is 5.10 Å². The van der Waals surface area contributed by atoms with E-state index in [1.165, 1.54) is 12.1 Å². The fourth-order valence-electron chi connectivity index (χ4n) is 3.13. The number of nitrogens with zero attached hydrogens (tertiary/aromatic N) is 3. The van der Waals surface area contributed by atoms with Crippen molar-refractivity contribution in [2.24, 2.45) is 0 Å². The van der Waals surface area contributed by atoms with Gasteiger partial charge in [-0.05, 0) is 36.4 Å². The molecule has 0 unspecified atom stereocenters. The fraction of sp³-hybridized carbons (Fsp3) is 0.200. The summed E-state index contributed by atoms with van der Waals surface area (Å²) in [6, 6.07) is 12.3. The Bertz CT molecular complexity index is 980. The number of phenols is 1. The Labute approximate surface area is 155 Å². The number of carbonyl (C=O) groups is 1. The van der Waals surface area contributed by atoms with Gasteiger partial charge < -0.3 is 14.7 Å². The molecule has 1 aliphatic heterocycles. The maximum atomic E-state index is 13.8. The molecule has 6 nitrogen and oxygen atoms in total. The topological polar surface area (TPSA) is 67.6 Å². The van der Waals surface area contributed by atoms with Crippen LogP contribution in [0, 0.1) is 5.82 Å². The summed E-state index contributed by atoms with van der Waals surface area (Å²) >= 11 is 0. The van der Waals surface area contributed by atoms with E-state index in [0.29, 0.717) is 30.8 Å². The molecular weight excluding hydrogens is 349 g/mol. The number of hydrogen-bond acceptors (Lipinski definition) is 5. The average Bonchev–Trinajstić information content (AvgIpc) is 3.21. The van der Waals surface area contributed by atoms with Gasteiger partial charge >= 0.3 is 0 Å². The highest BCUT2D eigenvalue weighted by Gasteiger charge is 2.14. The Hall–Kier alpha value is -3.19. The standard InChI is InChI=1S/C20H18FN3O3/c21-18-11-14(10-15(13-25)20(18)26)19-4-5-24(22-19)17-3-1-2-16(12-17)23-6-8-27-9-7-23/h1-5,10-13,26H,6-9H2. The zero-order valence-electron chi connectivity index (χ0n) is 14.5. The van der Waals surface area contributed by atoms with Gasteiger partial charge in [-0.3, -0.25) is 4.79 Å². The zero-order chi connectivity index (χ0) is 18.8. The van der Waals surface area contributed by atoms with Crippen LogP contribution in [0.4, 0.5) is 10.1 Å². The van der Waals surface area contributed by atoms with Crippen molar-refractivity contribution in [2.75, 3.05) is 31.2 Å². The van der Waals surface area contributed by atoms with Crippen molar-refractivity contribution >= 4 is 12.0 Å². The van der Waals surface area contributed by atoms with Gasteiger partial charge in [0.15, 0.2) is 17.9 Å². The summed E-state index contributed by atoms with van der Waals surface area (Å²) in [4.78, 5) is 13.3. The number of rotatable bonds is 4. The van der Waals surface area contributed by atoms with E-state index in [9.17, 15) is 14.3 Å². The van der Waals surface area contributed by atoms with Crippen LogP contribution in [0.1, 0.15) is 10.4 Å². The maximum Gasteiger partial charge on any atom is 0.166 e. The van der Waals surface area contributed by atoms with Crippen LogP contribution in [0.5, 0.6) is 5.75 Å². The van der Waals surface area contributed by atoms with Gasteiger partial charge in [0.25, 0.3) is 0 Å². The molecule has 1 N–H and O–H groups in total. The minimum Gasteiger partial charge on any atom is -0.504 e. The van der Waals surface area contributed by atoms with E-state index in [1.807, 2.05) is 24.3 Å². The lowest BCUT2D eigenvalue weighted by Crippen LogP contribution is -2.36. The number of aromatic nitrogens is 2. The first kappa shape index (κ1) is 17.2. The van der Waals surface area contributed by atoms with Crippen LogP contribution in [0.3, 0.4) is 0 Å². The highest BCUT2D eigenvalue weighted by atomic mass is 19.1. The number of ether oxygens (including phenoxy) is 1. The molecule has 1 fully saturated rings. The van der Waals surface area contributed by atoms with Crippen LogP contribution in [0.15, 0.2) is 48.7 Å². The Morgan fingerprint density at radius 2 is 1.89 bits per heavy atom. The van der Waals surface area contributed by atoms with Crippen molar-refractivity contribution in [3.8, 4) is 22.7 Å². The molecule has 3 aromatic rings. The minimum atomic E-state index is -0.849. The predicted octanol–water partition coefficient (Wildman–Crippen LogP) is 3.03.